The molecule has 2 heteroatoms. The van der Waals surface area contributed by atoms with E-state index in [0.29, 0.717) is 6.04 Å². The van der Waals surface area contributed by atoms with E-state index in [4.69, 9.17) is 0 Å². The highest BCUT2D eigenvalue weighted by atomic mass is 16.3. The second-order valence-electron chi connectivity index (χ2n) is 3.03. The van der Waals surface area contributed by atoms with E-state index < -0.39 is 0 Å². The number of aliphatic hydroxyl groups excluding tert-OH is 1. The normalized spacial score (nSPS) is 36.0. The molecule has 9 heavy (non-hydrogen) atoms. The van der Waals surface area contributed by atoms with Crippen LogP contribution in [0.15, 0.2) is 0 Å². The van der Waals surface area contributed by atoms with Crippen LogP contribution in [0.5, 0.6) is 0 Å². The Morgan fingerprint density at radius 1 is 1.33 bits per heavy atom. The van der Waals surface area contributed by atoms with Crippen molar-refractivity contribution in [1.82, 2.24) is 4.90 Å². The molecule has 1 saturated carbocycles. The van der Waals surface area contributed by atoms with Crippen LogP contribution < -0.4 is 0 Å². The standard InChI is InChI=1S/C7H15NO/c1-8(2)6-4-3-5-7(6)9/h6-7,9H,3-5H2,1-2H3/t6-,7-/m1/s1. The zero-order valence-electron chi connectivity index (χ0n) is 6.17. The van der Waals surface area contributed by atoms with Gasteiger partial charge in [0.1, 0.15) is 0 Å². The molecule has 54 valence electrons. The number of likely N-dealkylation sites (N-methyl/N-ethyl adjacent to an activating group) is 1. The van der Waals surface area contributed by atoms with Crippen LogP contribution in [0.2, 0.25) is 0 Å². The van der Waals surface area contributed by atoms with Crippen molar-refractivity contribution in [2.24, 2.45) is 0 Å². The maximum atomic E-state index is 9.32. The van der Waals surface area contributed by atoms with Crippen LogP contribution in [0, 0.1) is 0 Å². The van der Waals surface area contributed by atoms with Crippen LogP contribution >= 0.6 is 0 Å². The van der Waals surface area contributed by atoms with E-state index in [1.165, 1.54) is 6.42 Å². The minimum atomic E-state index is -0.0694. The van der Waals surface area contributed by atoms with Crippen LogP contribution in [0.3, 0.4) is 0 Å². The van der Waals surface area contributed by atoms with Crippen molar-refractivity contribution in [3.05, 3.63) is 0 Å². The highest BCUT2D eigenvalue weighted by molar-refractivity contribution is 4.81. The molecule has 0 radical (unpaired) electrons. The van der Waals surface area contributed by atoms with Crippen LogP contribution in [0.25, 0.3) is 0 Å². The van der Waals surface area contributed by atoms with E-state index in [0.717, 1.165) is 12.8 Å². The quantitative estimate of drug-likeness (QED) is 0.556. The van der Waals surface area contributed by atoms with Crippen molar-refractivity contribution < 1.29 is 5.11 Å². The molecular formula is C7H15NO. The SMILES string of the molecule is CN(C)[C@@H]1CCC[C@H]1O. The van der Waals surface area contributed by atoms with E-state index in [-0.39, 0.29) is 6.10 Å². The Labute approximate surface area is 56.5 Å². The maximum Gasteiger partial charge on any atom is 0.0695 e. The summed E-state index contributed by atoms with van der Waals surface area (Å²) in [6.45, 7) is 0. The zero-order valence-corrected chi connectivity index (χ0v) is 6.17. The van der Waals surface area contributed by atoms with Gasteiger partial charge in [0, 0.05) is 6.04 Å². The number of aliphatic hydroxyl groups is 1. The molecular weight excluding hydrogens is 114 g/mol. The number of hydrogen-bond donors (Lipinski definition) is 1. The lowest BCUT2D eigenvalue weighted by Crippen LogP contribution is -2.34. The van der Waals surface area contributed by atoms with Gasteiger partial charge in [-0.25, -0.2) is 0 Å². The molecule has 1 fully saturated rings. The summed E-state index contributed by atoms with van der Waals surface area (Å²) in [7, 11) is 4.05. The molecule has 0 spiro atoms. The fraction of sp³-hybridized carbons (Fsp3) is 1.00. The molecule has 0 unspecified atom stereocenters. The van der Waals surface area contributed by atoms with Crippen molar-refractivity contribution in [2.75, 3.05) is 14.1 Å². The first kappa shape index (κ1) is 7.03. The molecule has 0 aromatic carbocycles. The summed E-state index contributed by atoms with van der Waals surface area (Å²) in [6, 6.07) is 0.421. The third-order valence-electron chi connectivity index (χ3n) is 2.11. The van der Waals surface area contributed by atoms with E-state index in [1.54, 1.807) is 0 Å². The van der Waals surface area contributed by atoms with Crippen molar-refractivity contribution >= 4 is 0 Å². The lowest BCUT2D eigenvalue weighted by atomic mass is 10.2. The summed E-state index contributed by atoms with van der Waals surface area (Å²) in [5.74, 6) is 0. The second-order valence-corrected chi connectivity index (χ2v) is 3.03. The molecule has 1 rings (SSSR count). The van der Waals surface area contributed by atoms with Gasteiger partial charge in [-0.3, -0.25) is 0 Å². The molecule has 1 N–H and O–H groups in total. The maximum absolute atomic E-state index is 9.32. The third-order valence-corrected chi connectivity index (χ3v) is 2.11. The van der Waals surface area contributed by atoms with Gasteiger partial charge in [-0.05, 0) is 33.4 Å². The lowest BCUT2D eigenvalue weighted by Gasteiger charge is -2.21. The minimum Gasteiger partial charge on any atom is -0.391 e. The van der Waals surface area contributed by atoms with Gasteiger partial charge in [-0.1, -0.05) is 0 Å². The zero-order chi connectivity index (χ0) is 6.85. The Balaban J connectivity index is 2.40. The molecule has 0 saturated heterocycles. The molecule has 1 aliphatic rings. The van der Waals surface area contributed by atoms with Gasteiger partial charge in [0.25, 0.3) is 0 Å². The highest BCUT2D eigenvalue weighted by Crippen LogP contribution is 2.21. The molecule has 0 aromatic heterocycles. The summed E-state index contributed by atoms with van der Waals surface area (Å²) in [5.41, 5.74) is 0. The first-order valence-electron chi connectivity index (χ1n) is 3.56. The molecule has 0 aliphatic heterocycles. The summed E-state index contributed by atoms with van der Waals surface area (Å²) in [6.07, 6.45) is 3.26. The summed E-state index contributed by atoms with van der Waals surface area (Å²) in [4.78, 5) is 2.11. The fourth-order valence-electron chi connectivity index (χ4n) is 1.52. The van der Waals surface area contributed by atoms with Crippen molar-refractivity contribution in [3.8, 4) is 0 Å². The molecule has 2 nitrogen and oxygen atoms in total. The largest absolute Gasteiger partial charge is 0.391 e. The highest BCUT2D eigenvalue weighted by Gasteiger charge is 2.26. The van der Waals surface area contributed by atoms with Crippen LogP contribution in [-0.4, -0.2) is 36.2 Å². The van der Waals surface area contributed by atoms with Crippen LogP contribution in [0.1, 0.15) is 19.3 Å². The molecule has 0 bridgehead atoms. The predicted octanol–water partition coefficient (Wildman–Crippen LogP) is 0.461. The Kier molecular flexibility index (Phi) is 2.09. The van der Waals surface area contributed by atoms with E-state index in [2.05, 4.69) is 4.90 Å². The topological polar surface area (TPSA) is 23.5 Å². The summed E-state index contributed by atoms with van der Waals surface area (Å²) in [5, 5.41) is 9.32. The molecule has 0 amide bonds. The lowest BCUT2D eigenvalue weighted by molar-refractivity contribution is 0.100. The monoisotopic (exact) mass is 129 g/mol. The Bertz CT molecular complexity index is 92.9. The van der Waals surface area contributed by atoms with Gasteiger partial charge < -0.3 is 10.0 Å². The van der Waals surface area contributed by atoms with Crippen molar-refractivity contribution in [3.63, 3.8) is 0 Å². The van der Waals surface area contributed by atoms with Gasteiger partial charge in [0.05, 0.1) is 6.10 Å². The summed E-state index contributed by atoms with van der Waals surface area (Å²) < 4.78 is 0. The Hall–Kier alpha value is -0.0800. The smallest absolute Gasteiger partial charge is 0.0695 e. The average Bonchev–Trinajstić information content (AvgIpc) is 2.13. The number of rotatable bonds is 1. The number of hydrogen-bond acceptors (Lipinski definition) is 2. The Morgan fingerprint density at radius 2 is 2.00 bits per heavy atom. The molecule has 0 aromatic rings. The first-order chi connectivity index (χ1) is 4.22. The van der Waals surface area contributed by atoms with Gasteiger partial charge in [0.15, 0.2) is 0 Å². The fourth-order valence-corrected chi connectivity index (χ4v) is 1.52. The van der Waals surface area contributed by atoms with Crippen molar-refractivity contribution in [2.45, 2.75) is 31.4 Å². The third kappa shape index (κ3) is 1.43. The molecule has 2 atom stereocenters. The minimum absolute atomic E-state index is 0.0694. The first-order valence-corrected chi connectivity index (χ1v) is 3.56. The molecule has 1 aliphatic carbocycles. The van der Waals surface area contributed by atoms with Gasteiger partial charge in [-0.15, -0.1) is 0 Å². The van der Waals surface area contributed by atoms with E-state index in [9.17, 15) is 5.11 Å². The average molecular weight is 129 g/mol. The van der Waals surface area contributed by atoms with E-state index >= 15 is 0 Å². The van der Waals surface area contributed by atoms with Crippen LogP contribution in [0.4, 0.5) is 0 Å². The van der Waals surface area contributed by atoms with Crippen molar-refractivity contribution in [1.29, 1.82) is 0 Å². The predicted molar refractivity (Wildman–Crippen MR) is 37.3 cm³/mol. The van der Waals surface area contributed by atoms with Gasteiger partial charge >= 0.3 is 0 Å². The second kappa shape index (κ2) is 2.67. The van der Waals surface area contributed by atoms with Gasteiger partial charge in [-0.2, -0.15) is 0 Å². The number of nitrogens with zero attached hydrogens (tertiary/aromatic N) is 1. The van der Waals surface area contributed by atoms with Crippen LogP contribution in [-0.2, 0) is 0 Å². The van der Waals surface area contributed by atoms with E-state index in [1.807, 2.05) is 14.1 Å². The summed E-state index contributed by atoms with van der Waals surface area (Å²) >= 11 is 0. The molecule has 0 heterocycles. The Morgan fingerprint density at radius 3 is 2.22 bits per heavy atom. The van der Waals surface area contributed by atoms with Gasteiger partial charge in [0.2, 0.25) is 0 Å².